The Hall–Kier alpha value is -1.08. The highest BCUT2D eigenvalue weighted by Gasteiger charge is 2.51. The van der Waals surface area contributed by atoms with Crippen LogP contribution in [0.3, 0.4) is 0 Å². The molecular formula is C20H30F2O5. The Morgan fingerprint density at radius 3 is 2.85 bits per heavy atom. The zero-order valence-electron chi connectivity index (χ0n) is 16.0. The van der Waals surface area contributed by atoms with E-state index in [0.29, 0.717) is 32.3 Å². The Bertz CT molecular complexity index is 532. The lowest BCUT2D eigenvalue weighted by Crippen LogP contribution is -2.33. The van der Waals surface area contributed by atoms with Crippen molar-refractivity contribution in [1.82, 2.24) is 0 Å². The minimum atomic E-state index is -3.27. The number of carbonyl (C=O) groups is 2. The van der Waals surface area contributed by atoms with Gasteiger partial charge in [0.1, 0.15) is 6.10 Å². The van der Waals surface area contributed by atoms with Crippen molar-refractivity contribution in [2.24, 2.45) is 11.8 Å². The van der Waals surface area contributed by atoms with Gasteiger partial charge in [0, 0.05) is 31.8 Å². The molecule has 3 fully saturated rings. The summed E-state index contributed by atoms with van der Waals surface area (Å²) in [7, 11) is 0. The highest BCUT2D eigenvalue weighted by Crippen LogP contribution is 2.46. The maximum Gasteiger partial charge on any atom is 0.306 e. The number of halogens is 2. The molecule has 7 heteroatoms. The van der Waals surface area contributed by atoms with Gasteiger partial charge in [-0.15, -0.1) is 0 Å². The van der Waals surface area contributed by atoms with Crippen LogP contribution in [-0.2, 0) is 23.8 Å². The predicted octanol–water partition coefficient (Wildman–Crippen LogP) is 4.02. The Morgan fingerprint density at radius 2 is 2.15 bits per heavy atom. The lowest BCUT2D eigenvalue weighted by atomic mass is 9.86. The van der Waals surface area contributed by atoms with E-state index in [0.717, 1.165) is 19.3 Å². The summed E-state index contributed by atoms with van der Waals surface area (Å²) in [4.78, 5) is 23.7. The molecule has 0 aromatic carbocycles. The molecule has 0 spiro atoms. The summed E-state index contributed by atoms with van der Waals surface area (Å²) < 4.78 is 45.1. The van der Waals surface area contributed by atoms with Crippen LogP contribution in [0, 0.1) is 11.8 Å². The molecule has 0 aromatic heterocycles. The minimum absolute atomic E-state index is 0.0526. The number of unbranched alkanes of at least 4 members (excludes halogenated alkanes) is 1. The first-order chi connectivity index (χ1) is 12.9. The molecule has 1 aliphatic carbocycles. The number of ether oxygens (including phenoxy) is 3. The van der Waals surface area contributed by atoms with Gasteiger partial charge in [0.2, 0.25) is 5.78 Å². The Kier molecular flexibility index (Phi) is 6.84. The van der Waals surface area contributed by atoms with Crippen LogP contribution in [0.2, 0.25) is 0 Å². The average molecular weight is 388 g/mol. The summed E-state index contributed by atoms with van der Waals surface area (Å²) in [6, 6.07) is 0. The number of fused-ring (bicyclic) bond motifs is 1. The van der Waals surface area contributed by atoms with Crippen molar-refractivity contribution < 1.29 is 32.6 Å². The molecule has 3 aliphatic rings. The van der Waals surface area contributed by atoms with Gasteiger partial charge in [0.15, 0.2) is 6.29 Å². The number of ketones is 1. The maximum absolute atomic E-state index is 14.0. The smallest absolute Gasteiger partial charge is 0.306 e. The van der Waals surface area contributed by atoms with Crippen LogP contribution in [0.15, 0.2) is 0 Å². The molecule has 27 heavy (non-hydrogen) atoms. The Balaban J connectivity index is 1.59. The third-order valence-corrected chi connectivity index (χ3v) is 6.08. The van der Waals surface area contributed by atoms with Gasteiger partial charge in [0.25, 0.3) is 0 Å². The van der Waals surface area contributed by atoms with Crippen LogP contribution in [0.5, 0.6) is 0 Å². The van der Waals surface area contributed by atoms with Crippen molar-refractivity contribution in [2.75, 3.05) is 6.61 Å². The minimum Gasteiger partial charge on any atom is -0.462 e. The standard InChI is InChI=1S/C20H30F2O5/c1-2-3-9-20(21,22)17(23)8-7-13-14-11-18(24)26-16(14)12-15(13)27-19-6-4-5-10-25-19/h13-16,19H,2-12H2,1H3/t13-,14?,15-,16+,19?/m1/s1. The monoisotopic (exact) mass is 388 g/mol. The number of alkyl halides is 2. The van der Waals surface area contributed by atoms with Crippen LogP contribution in [0.25, 0.3) is 0 Å². The zero-order valence-corrected chi connectivity index (χ0v) is 16.0. The van der Waals surface area contributed by atoms with Gasteiger partial charge in [-0.3, -0.25) is 9.59 Å². The number of rotatable bonds is 9. The second-order valence-electron chi connectivity index (χ2n) is 8.04. The van der Waals surface area contributed by atoms with E-state index < -0.39 is 18.1 Å². The third kappa shape index (κ3) is 5.05. The van der Waals surface area contributed by atoms with Crippen molar-refractivity contribution in [1.29, 1.82) is 0 Å². The largest absolute Gasteiger partial charge is 0.462 e. The molecule has 0 radical (unpaired) electrons. The first kappa shape index (κ1) is 20.6. The topological polar surface area (TPSA) is 61.8 Å². The second-order valence-corrected chi connectivity index (χ2v) is 8.04. The van der Waals surface area contributed by atoms with Crippen molar-refractivity contribution >= 4 is 11.8 Å². The Morgan fingerprint density at radius 1 is 1.33 bits per heavy atom. The lowest BCUT2D eigenvalue weighted by Gasteiger charge is -2.30. The fourth-order valence-corrected chi connectivity index (χ4v) is 4.55. The first-order valence-electron chi connectivity index (χ1n) is 10.3. The van der Waals surface area contributed by atoms with E-state index in [9.17, 15) is 18.4 Å². The van der Waals surface area contributed by atoms with E-state index in [1.54, 1.807) is 0 Å². The van der Waals surface area contributed by atoms with Gasteiger partial charge < -0.3 is 14.2 Å². The molecule has 2 saturated heterocycles. The van der Waals surface area contributed by atoms with Crippen molar-refractivity contribution in [3.63, 3.8) is 0 Å². The number of hydrogen-bond acceptors (Lipinski definition) is 5. The fourth-order valence-electron chi connectivity index (χ4n) is 4.55. The predicted molar refractivity (Wildman–Crippen MR) is 93.3 cm³/mol. The van der Waals surface area contributed by atoms with Gasteiger partial charge in [0.05, 0.1) is 12.5 Å². The van der Waals surface area contributed by atoms with Crippen LogP contribution in [0.1, 0.15) is 71.1 Å². The van der Waals surface area contributed by atoms with E-state index >= 15 is 0 Å². The lowest BCUT2D eigenvalue weighted by molar-refractivity contribution is -0.197. The molecule has 2 heterocycles. The van der Waals surface area contributed by atoms with Crippen LogP contribution >= 0.6 is 0 Å². The molecule has 0 N–H and O–H groups in total. The summed E-state index contributed by atoms with van der Waals surface area (Å²) in [5, 5.41) is 0. The summed E-state index contributed by atoms with van der Waals surface area (Å²) in [6.07, 6.45) is 3.64. The SMILES string of the molecule is CCCCC(F)(F)C(=O)CC[C@@H]1C2CC(=O)O[C@H]2C[C@H]1OC1CCCCO1. The molecule has 154 valence electrons. The van der Waals surface area contributed by atoms with Gasteiger partial charge in [-0.1, -0.05) is 13.3 Å². The van der Waals surface area contributed by atoms with Crippen molar-refractivity contribution in [3.8, 4) is 0 Å². The fraction of sp³-hybridized carbons (Fsp3) is 0.900. The molecule has 2 unspecified atom stereocenters. The van der Waals surface area contributed by atoms with Crippen LogP contribution in [-0.4, -0.2) is 42.8 Å². The molecule has 3 rings (SSSR count). The zero-order chi connectivity index (χ0) is 19.4. The molecule has 1 saturated carbocycles. The molecule has 0 amide bonds. The van der Waals surface area contributed by atoms with E-state index in [1.807, 2.05) is 6.92 Å². The third-order valence-electron chi connectivity index (χ3n) is 6.08. The highest BCUT2D eigenvalue weighted by atomic mass is 19.3. The van der Waals surface area contributed by atoms with Gasteiger partial charge in [-0.2, -0.15) is 8.78 Å². The van der Waals surface area contributed by atoms with E-state index in [-0.39, 0.29) is 49.1 Å². The van der Waals surface area contributed by atoms with E-state index in [4.69, 9.17) is 14.2 Å². The van der Waals surface area contributed by atoms with Crippen LogP contribution < -0.4 is 0 Å². The molecule has 2 aliphatic heterocycles. The maximum atomic E-state index is 14.0. The number of hydrogen-bond donors (Lipinski definition) is 0. The van der Waals surface area contributed by atoms with Crippen LogP contribution in [0.4, 0.5) is 8.78 Å². The molecule has 5 atom stereocenters. The van der Waals surface area contributed by atoms with Crippen molar-refractivity contribution in [3.05, 3.63) is 0 Å². The highest BCUT2D eigenvalue weighted by molar-refractivity contribution is 5.85. The molecule has 0 aromatic rings. The average Bonchev–Trinajstić information content (AvgIpc) is 3.14. The normalized spacial score (nSPS) is 33.7. The molecule has 5 nitrogen and oxygen atoms in total. The first-order valence-corrected chi connectivity index (χ1v) is 10.3. The van der Waals surface area contributed by atoms with E-state index in [1.165, 1.54) is 0 Å². The molecular weight excluding hydrogens is 358 g/mol. The van der Waals surface area contributed by atoms with Gasteiger partial charge in [-0.05, 0) is 38.0 Å². The van der Waals surface area contributed by atoms with Gasteiger partial charge >= 0.3 is 11.9 Å². The quantitative estimate of drug-likeness (QED) is 0.558. The number of esters is 1. The molecule has 0 bridgehead atoms. The summed E-state index contributed by atoms with van der Waals surface area (Å²) >= 11 is 0. The van der Waals surface area contributed by atoms with Gasteiger partial charge in [-0.25, -0.2) is 0 Å². The Labute approximate surface area is 159 Å². The summed E-state index contributed by atoms with van der Waals surface area (Å²) in [5.74, 6) is -4.70. The number of carbonyl (C=O) groups excluding carboxylic acids is 2. The van der Waals surface area contributed by atoms with Crippen molar-refractivity contribution in [2.45, 2.75) is 95.6 Å². The second kappa shape index (κ2) is 8.95. The number of Topliss-reactive ketones (excluding diaryl/α,β-unsaturated/α-hetero) is 1. The summed E-state index contributed by atoms with van der Waals surface area (Å²) in [5.41, 5.74) is 0. The summed E-state index contributed by atoms with van der Waals surface area (Å²) in [6.45, 7) is 2.48. The van der Waals surface area contributed by atoms with E-state index in [2.05, 4.69) is 0 Å².